The molecule has 1 aliphatic rings. The summed E-state index contributed by atoms with van der Waals surface area (Å²) >= 11 is 1.57. The van der Waals surface area contributed by atoms with Crippen LogP contribution in [0.4, 0.5) is 0 Å². The van der Waals surface area contributed by atoms with Crippen molar-refractivity contribution in [3.8, 4) is 0 Å². The number of nitrogens with one attached hydrogen (secondary N) is 1. The van der Waals surface area contributed by atoms with Crippen LogP contribution in [-0.4, -0.2) is 37.2 Å². The average Bonchev–Trinajstić information content (AvgIpc) is 2.62. The van der Waals surface area contributed by atoms with Crippen LogP contribution in [0.5, 0.6) is 0 Å². The number of carbonyl (C=O) groups excluding carboxylic acids is 1. The lowest BCUT2D eigenvalue weighted by atomic mass is 10.1. The van der Waals surface area contributed by atoms with Gasteiger partial charge in [0.25, 0.3) is 5.91 Å². The summed E-state index contributed by atoms with van der Waals surface area (Å²) in [5.41, 5.74) is 4.04. The summed E-state index contributed by atoms with van der Waals surface area (Å²) in [6.45, 7) is 2.76. The number of amides is 1. The number of nitrogens with zero attached hydrogens (tertiary/aromatic N) is 1. The first-order chi connectivity index (χ1) is 11.3. The van der Waals surface area contributed by atoms with Gasteiger partial charge in [0.2, 0.25) is 0 Å². The van der Waals surface area contributed by atoms with Crippen LogP contribution in [-0.2, 0) is 9.53 Å². The first-order valence-electron chi connectivity index (χ1n) is 7.73. The van der Waals surface area contributed by atoms with E-state index in [1.807, 2.05) is 65.7 Å². The Morgan fingerprint density at radius 3 is 2.26 bits per heavy atom. The lowest BCUT2D eigenvalue weighted by Gasteiger charge is -2.28. The molecule has 0 aromatic heterocycles. The Kier molecular flexibility index (Phi) is 5.69. The molecule has 3 rings (SSSR count). The highest BCUT2D eigenvalue weighted by Crippen LogP contribution is 2.35. The van der Waals surface area contributed by atoms with Crippen molar-refractivity contribution in [2.24, 2.45) is 0 Å². The number of rotatable bonds is 5. The molecule has 0 spiro atoms. The minimum absolute atomic E-state index is 0.00644. The molecule has 23 heavy (non-hydrogen) atoms. The van der Waals surface area contributed by atoms with E-state index in [-0.39, 0.29) is 11.2 Å². The predicted octanol–water partition coefficient (Wildman–Crippen LogP) is 2.88. The number of benzene rings is 2. The van der Waals surface area contributed by atoms with E-state index in [1.54, 1.807) is 11.8 Å². The van der Waals surface area contributed by atoms with Gasteiger partial charge in [-0.05, 0) is 17.7 Å². The molecule has 5 heteroatoms. The number of hydrogen-bond donors (Lipinski definition) is 1. The zero-order valence-corrected chi connectivity index (χ0v) is 13.7. The average molecular weight is 328 g/mol. The van der Waals surface area contributed by atoms with Crippen LogP contribution in [0.3, 0.4) is 0 Å². The minimum Gasteiger partial charge on any atom is -0.379 e. The minimum atomic E-state index is -0.276. The standard InChI is InChI=1S/C18H20N2O2S/c21-18(19-20-11-13-22-14-12-20)17(15-7-3-1-4-8-15)23-16-9-5-2-6-10-16/h1-10,17H,11-14H2,(H,19,21)/t17-/m0/s1. The van der Waals surface area contributed by atoms with Gasteiger partial charge in [0.1, 0.15) is 5.25 Å². The van der Waals surface area contributed by atoms with Crippen molar-refractivity contribution in [1.29, 1.82) is 0 Å². The maximum atomic E-state index is 12.8. The molecule has 1 aliphatic heterocycles. The Labute approximate surface area is 140 Å². The first-order valence-corrected chi connectivity index (χ1v) is 8.61. The molecule has 1 N–H and O–H groups in total. The summed E-state index contributed by atoms with van der Waals surface area (Å²) in [5, 5.41) is 1.66. The second kappa shape index (κ2) is 8.15. The van der Waals surface area contributed by atoms with Crippen molar-refractivity contribution in [2.75, 3.05) is 26.3 Å². The zero-order chi connectivity index (χ0) is 15.9. The molecule has 1 heterocycles. The van der Waals surface area contributed by atoms with Crippen LogP contribution in [0.2, 0.25) is 0 Å². The van der Waals surface area contributed by atoms with E-state index in [9.17, 15) is 4.79 Å². The lowest BCUT2D eigenvalue weighted by Crippen LogP contribution is -2.49. The highest BCUT2D eigenvalue weighted by atomic mass is 32.2. The van der Waals surface area contributed by atoms with Crippen molar-refractivity contribution in [3.63, 3.8) is 0 Å². The topological polar surface area (TPSA) is 41.6 Å². The number of morpholine rings is 1. The highest BCUT2D eigenvalue weighted by Gasteiger charge is 2.24. The smallest absolute Gasteiger partial charge is 0.252 e. The fourth-order valence-electron chi connectivity index (χ4n) is 2.43. The van der Waals surface area contributed by atoms with Gasteiger partial charge in [-0.1, -0.05) is 48.5 Å². The molecule has 4 nitrogen and oxygen atoms in total. The lowest BCUT2D eigenvalue weighted by molar-refractivity contribution is -0.127. The number of hydrogen-bond acceptors (Lipinski definition) is 4. The molecule has 1 amide bonds. The van der Waals surface area contributed by atoms with Gasteiger partial charge in [0.05, 0.1) is 13.2 Å². The fourth-order valence-corrected chi connectivity index (χ4v) is 3.46. The van der Waals surface area contributed by atoms with E-state index in [4.69, 9.17) is 4.74 Å². The molecule has 1 saturated heterocycles. The summed E-state index contributed by atoms with van der Waals surface area (Å²) in [6, 6.07) is 19.9. The molecule has 0 unspecified atom stereocenters. The van der Waals surface area contributed by atoms with Crippen LogP contribution < -0.4 is 5.43 Å². The van der Waals surface area contributed by atoms with E-state index in [0.717, 1.165) is 23.5 Å². The number of thioether (sulfide) groups is 1. The van der Waals surface area contributed by atoms with Gasteiger partial charge >= 0.3 is 0 Å². The van der Waals surface area contributed by atoms with E-state index >= 15 is 0 Å². The summed E-state index contributed by atoms with van der Waals surface area (Å²) in [6.07, 6.45) is 0. The SMILES string of the molecule is O=C(NN1CCOCC1)[C@@H](Sc1ccccc1)c1ccccc1. The third kappa shape index (κ3) is 4.58. The molecule has 0 radical (unpaired) electrons. The van der Waals surface area contributed by atoms with E-state index in [2.05, 4.69) is 5.43 Å². The quantitative estimate of drug-likeness (QED) is 0.857. The maximum absolute atomic E-state index is 12.8. The molecule has 0 saturated carbocycles. The van der Waals surface area contributed by atoms with Gasteiger partial charge < -0.3 is 4.74 Å². The Morgan fingerprint density at radius 1 is 1.00 bits per heavy atom. The van der Waals surface area contributed by atoms with Gasteiger partial charge in [-0.3, -0.25) is 10.2 Å². The third-order valence-electron chi connectivity index (χ3n) is 3.62. The maximum Gasteiger partial charge on any atom is 0.252 e. The molecular formula is C18H20N2O2S. The predicted molar refractivity (Wildman–Crippen MR) is 92.0 cm³/mol. The highest BCUT2D eigenvalue weighted by molar-refractivity contribution is 8.00. The third-order valence-corrected chi connectivity index (χ3v) is 4.88. The van der Waals surface area contributed by atoms with Crippen molar-refractivity contribution < 1.29 is 9.53 Å². The van der Waals surface area contributed by atoms with Crippen molar-refractivity contribution in [2.45, 2.75) is 10.1 Å². The fraction of sp³-hybridized carbons (Fsp3) is 0.278. The van der Waals surface area contributed by atoms with Gasteiger partial charge in [0.15, 0.2) is 0 Å². The molecule has 1 atom stereocenters. The summed E-state index contributed by atoms with van der Waals surface area (Å²) in [4.78, 5) is 13.9. The second-order valence-electron chi connectivity index (χ2n) is 5.30. The number of ether oxygens (including phenoxy) is 1. The van der Waals surface area contributed by atoms with Crippen LogP contribution in [0.1, 0.15) is 10.8 Å². The molecule has 0 aliphatic carbocycles. The molecule has 2 aromatic carbocycles. The van der Waals surface area contributed by atoms with Gasteiger partial charge in [-0.2, -0.15) is 0 Å². The molecule has 120 valence electrons. The molecule has 2 aromatic rings. The normalized spacial score (nSPS) is 16.7. The van der Waals surface area contributed by atoms with Crippen molar-refractivity contribution in [3.05, 3.63) is 66.2 Å². The van der Waals surface area contributed by atoms with Crippen LogP contribution >= 0.6 is 11.8 Å². The first kappa shape index (κ1) is 16.1. The molecule has 0 bridgehead atoms. The molecular weight excluding hydrogens is 308 g/mol. The Balaban J connectivity index is 1.75. The Morgan fingerprint density at radius 2 is 1.61 bits per heavy atom. The largest absolute Gasteiger partial charge is 0.379 e. The summed E-state index contributed by atoms with van der Waals surface area (Å²) < 4.78 is 5.32. The van der Waals surface area contributed by atoms with Crippen LogP contribution in [0.15, 0.2) is 65.6 Å². The second-order valence-corrected chi connectivity index (χ2v) is 6.48. The van der Waals surface area contributed by atoms with E-state index < -0.39 is 0 Å². The van der Waals surface area contributed by atoms with Crippen LogP contribution in [0, 0.1) is 0 Å². The Hall–Kier alpha value is -1.82. The van der Waals surface area contributed by atoms with Gasteiger partial charge in [-0.25, -0.2) is 5.01 Å². The number of hydrazine groups is 1. The Bertz CT molecular complexity index is 615. The summed E-state index contributed by atoms with van der Waals surface area (Å²) in [5.74, 6) is 0.00644. The van der Waals surface area contributed by atoms with Crippen molar-refractivity contribution >= 4 is 17.7 Å². The number of carbonyl (C=O) groups is 1. The van der Waals surface area contributed by atoms with Crippen molar-refractivity contribution in [1.82, 2.24) is 10.4 Å². The molecule has 1 fully saturated rings. The zero-order valence-electron chi connectivity index (χ0n) is 12.9. The monoisotopic (exact) mass is 328 g/mol. The van der Waals surface area contributed by atoms with E-state index in [1.165, 1.54) is 0 Å². The van der Waals surface area contributed by atoms with Crippen LogP contribution in [0.25, 0.3) is 0 Å². The van der Waals surface area contributed by atoms with Gasteiger partial charge in [-0.15, -0.1) is 11.8 Å². The van der Waals surface area contributed by atoms with E-state index in [0.29, 0.717) is 13.2 Å². The summed E-state index contributed by atoms with van der Waals surface area (Å²) in [7, 11) is 0. The van der Waals surface area contributed by atoms with Gasteiger partial charge in [0, 0.05) is 18.0 Å².